The molecule has 1 aliphatic carbocycles. The standard InChI is InChI=1S/C13H19N3O2S/c1-16(8-5-10-4-2-9-19-10)12(17)13(6-3-7-13)11(14)15-18/h2,4,9,18H,3,5-8H2,1H3,(H2,14,15). The molecule has 1 fully saturated rings. The molecule has 0 aromatic carbocycles. The number of nitrogens with zero attached hydrogens (tertiary/aromatic N) is 2. The lowest BCUT2D eigenvalue weighted by molar-refractivity contribution is -0.140. The van der Waals surface area contributed by atoms with E-state index >= 15 is 0 Å². The highest BCUT2D eigenvalue weighted by Crippen LogP contribution is 2.42. The molecule has 0 atom stereocenters. The largest absolute Gasteiger partial charge is 0.409 e. The van der Waals surface area contributed by atoms with E-state index < -0.39 is 5.41 Å². The molecular formula is C13H19N3O2S. The van der Waals surface area contributed by atoms with Gasteiger partial charge in [-0.05, 0) is 30.7 Å². The van der Waals surface area contributed by atoms with E-state index in [1.807, 2.05) is 11.4 Å². The van der Waals surface area contributed by atoms with Crippen molar-refractivity contribution in [3.8, 4) is 0 Å². The summed E-state index contributed by atoms with van der Waals surface area (Å²) in [6, 6.07) is 4.07. The van der Waals surface area contributed by atoms with Crippen LogP contribution in [0.2, 0.25) is 0 Å². The van der Waals surface area contributed by atoms with Crippen LogP contribution < -0.4 is 5.73 Å². The van der Waals surface area contributed by atoms with E-state index in [-0.39, 0.29) is 11.7 Å². The van der Waals surface area contributed by atoms with Gasteiger partial charge in [0.1, 0.15) is 5.41 Å². The molecule has 1 aliphatic rings. The summed E-state index contributed by atoms with van der Waals surface area (Å²) in [5, 5.41) is 13.9. The predicted molar refractivity (Wildman–Crippen MR) is 75.4 cm³/mol. The number of thiophene rings is 1. The Bertz CT molecular complexity index is 466. The number of oxime groups is 1. The molecular weight excluding hydrogens is 262 g/mol. The molecule has 0 saturated heterocycles. The Balaban J connectivity index is 1.98. The Kier molecular flexibility index (Phi) is 4.09. The number of amidine groups is 1. The van der Waals surface area contributed by atoms with Crippen molar-refractivity contribution in [2.45, 2.75) is 25.7 Å². The lowest BCUT2D eigenvalue weighted by atomic mass is 9.67. The van der Waals surface area contributed by atoms with Crippen LogP contribution in [0.3, 0.4) is 0 Å². The van der Waals surface area contributed by atoms with Crippen LogP contribution in [-0.4, -0.2) is 35.4 Å². The second-order valence-electron chi connectivity index (χ2n) is 4.98. The molecule has 0 unspecified atom stereocenters. The van der Waals surface area contributed by atoms with Crippen molar-refractivity contribution in [2.75, 3.05) is 13.6 Å². The van der Waals surface area contributed by atoms with Crippen molar-refractivity contribution in [3.05, 3.63) is 22.4 Å². The third-order valence-corrected chi connectivity index (χ3v) is 4.77. The van der Waals surface area contributed by atoms with Gasteiger partial charge in [-0.3, -0.25) is 4.79 Å². The molecule has 0 radical (unpaired) electrons. The molecule has 1 aromatic heterocycles. The number of carbonyl (C=O) groups is 1. The monoisotopic (exact) mass is 281 g/mol. The van der Waals surface area contributed by atoms with Crippen LogP contribution in [0.25, 0.3) is 0 Å². The number of rotatable bonds is 5. The van der Waals surface area contributed by atoms with Crippen molar-refractivity contribution in [2.24, 2.45) is 16.3 Å². The van der Waals surface area contributed by atoms with E-state index in [1.165, 1.54) is 4.88 Å². The lowest BCUT2D eigenvalue weighted by Gasteiger charge is -2.41. The number of hydrogen-bond acceptors (Lipinski definition) is 4. The number of amides is 1. The zero-order valence-electron chi connectivity index (χ0n) is 11.0. The molecule has 6 heteroatoms. The highest BCUT2D eigenvalue weighted by molar-refractivity contribution is 7.09. The van der Waals surface area contributed by atoms with Crippen LogP contribution in [0, 0.1) is 5.41 Å². The van der Waals surface area contributed by atoms with E-state index in [0.717, 1.165) is 12.8 Å². The van der Waals surface area contributed by atoms with Gasteiger partial charge in [0.05, 0.1) is 0 Å². The molecule has 5 nitrogen and oxygen atoms in total. The van der Waals surface area contributed by atoms with Crippen LogP contribution in [0.15, 0.2) is 22.7 Å². The predicted octanol–water partition coefficient (Wildman–Crippen LogP) is 1.67. The van der Waals surface area contributed by atoms with Crippen LogP contribution in [-0.2, 0) is 11.2 Å². The van der Waals surface area contributed by atoms with Crippen LogP contribution in [0.5, 0.6) is 0 Å². The molecule has 3 N–H and O–H groups in total. The number of nitrogens with two attached hydrogens (primary N) is 1. The molecule has 1 aromatic rings. The zero-order valence-corrected chi connectivity index (χ0v) is 11.8. The normalized spacial score (nSPS) is 17.8. The van der Waals surface area contributed by atoms with Crippen molar-refractivity contribution < 1.29 is 10.0 Å². The summed E-state index contributed by atoms with van der Waals surface area (Å²) in [7, 11) is 1.78. The Morgan fingerprint density at radius 2 is 2.37 bits per heavy atom. The number of hydrogen-bond donors (Lipinski definition) is 2. The fourth-order valence-electron chi connectivity index (χ4n) is 2.41. The third kappa shape index (κ3) is 2.58. The second-order valence-corrected chi connectivity index (χ2v) is 6.01. The summed E-state index contributed by atoms with van der Waals surface area (Å²) in [5.41, 5.74) is 4.93. The quantitative estimate of drug-likeness (QED) is 0.373. The number of carbonyl (C=O) groups excluding carboxylic acids is 1. The van der Waals surface area contributed by atoms with Gasteiger partial charge in [0.25, 0.3) is 0 Å². The molecule has 104 valence electrons. The van der Waals surface area contributed by atoms with Crippen LogP contribution in [0.1, 0.15) is 24.1 Å². The first-order chi connectivity index (χ1) is 9.10. The third-order valence-electron chi connectivity index (χ3n) is 3.83. The van der Waals surface area contributed by atoms with E-state index in [1.54, 1.807) is 23.3 Å². The first-order valence-electron chi connectivity index (χ1n) is 6.36. The Morgan fingerprint density at radius 3 is 2.84 bits per heavy atom. The van der Waals surface area contributed by atoms with E-state index in [2.05, 4.69) is 11.2 Å². The van der Waals surface area contributed by atoms with Crippen molar-refractivity contribution in [1.29, 1.82) is 0 Å². The summed E-state index contributed by atoms with van der Waals surface area (Å²) in [5.74, 6) is 0.0114. The maximum absolute atomic E-state index is 12.5. The molecule has 1 heterocycles. The van der Waals surface area contributed by atoms with Crippen molar-refractivity contribution in [1.82, 2.24) is 4.90 Å². The minimum absolute atomic E-state index is 0.0365. The van der Waals surface area contributed by atoms with Gasteiger partial charge in [-0.2, -0.15) is 0 Å². The molecule has 0 spiro atoms. The van der Waals surface area contributed by atoms with Crippen molar-refractivity contribution in [3.63, 3.8) is 0 Å². The maximum atomic E-state index is 12.5. The Labute approximate surface area is 116 Å². The molecule has 1 amide bonds. The fraction of sp³-hybridized carbons (Fsp3) is 0.538. The molecule has 0 aliphatic heterocycles. The topological polar surface area (TPSA) is 78.9 Å². The summed E-state index contributed by atoms with van der Waals surface area (Å²) in [6.07, 6.45) is 3.13. The fourth-order valence-corrected chi connectivity index (χ4v) is 3.10. The average Bonchev–Trinajstić information content (AvgIpc) is 2.87. The van der Waals surface area contributed by atoms with E-state index in [4.69, 9.17) is 10.9 Å². The van der Waals surface area contributed by atoms with Gasteiger partial charge in [0.15, 0.2) is 5.84 Å². The first kappa shape index (κ1) is 13.9. The average molecular weight is 281 g/mol. The maximum Gasteiger partial charge on any atom is 0.236 e. The van der Waals surface area contributed by atoms with Gasteiger partial charge in [0, 0.05) is 18.5 Å². The van der Waals surface area contributed by atoms with Crippen LogP contribution in [0.4, 0.5) is 0 Å². The second kappa shape index (κ2) is 5.61. The summed E-state index contributed by atoms with van der Waals surface area (Å²) in [6.45, 7) is 0.653. The van der Waals surface area contributed by atoms with Gasteiger partial charge >= 0.3 is 0 Å². The first-order valence-corrected chi connectivity index (χ1v) is 7.24. The van der Waals surface area contributed by atoms with Gasteiger partial charge in [-0.15, -0.1) is 11.3 Å². The van der Waals surface area contributed by atoms with E-state index in [9.17, 15) is 4.79 Å². The SMILES string of the molecule is CN(CCc1cccs1)C(=O)C1(/C(N)=N/O)CCC1. The highest BCUT2D eigenvalue weighted by Gasteiger charge is 2.49. The molecule has 1 saturated carbocycles. The minimum atomic E-state index is -0.765. The highest BCUT2D eigenvalue weighted by atomic mass is 32.1. The molecule has 2 rings (SSSR count). The summed E-state index contributed by atoms with van der Waals surface area (Å²) < 4.78 is 0. The Hall–Kier alpha value is -1.56. The van der Waals surface area contributed by atoms with Crippen molar-refractivity contribution >= 4 is 23.1 Å². The smallest absolute Gasteiger partial charge is 0.236 e. The Morgan fingerprint density at radius 1 is 1.63 bits per heavy atom. The van der Waals surface area contributed by atoms with E-state index in [0.29, 0.717) is 19.4 Å². The summed E-state index contributed by atoms with van der Waals surface area (Å²) >= 11 is 1.69. The van der Waals surface area contributed by atoms with Gasteiger partial charge < -0.3 is 15.8 Å². The minimum Gasteiger partial charge on any atom is -0.409 e. The lowest BCUT2D eigenvalue weighted by Crippen LogP contribution is -2.54. The zero-order chi connectivity index (χ0) is 13.9. The summed E-state index contributed by atoms with van der Waals surface area (Å²) in [4.78, 5) is 15.4. The van der Waals surface area contributed by atoms with Gasteiger partial charge in [-0.25, -0.2) is 0 Å². The van der Waals surface area contributed by atoms with Crippen LogP contribution >= 0.6 is 11.3 Å². The molecule has 0 bridgehead atoms. The van der Waals surface area contributed by atoms with Gasteiger partial charge in [0.2, 0.25) is 5.91 Å². The van der Waals surface area contributed by atoms with Gasteiger partial charge in [-0.1, -0.05) is 17.6 Å². The number of likely N-dealkylation sites (N-methyl/N-ethyl adjacent to an activating group) is 1. The molecule has 19 heavy (non-hydrogen) atoms.